The fourth-order valence-corrected chi connectivity index (χ4v) is 1.57. The molecule has 0 saturated heterocycles. The number of hydrogen-bond donors (Lipinski definition) is 1. The first-order chi connectivity index (χ1) is 7.42. The molecule has 0 aliphatic carbocycles. The Kier molecular flexibility index (Phi) is 3.94. The van der Waals surface area contributed by atoms with Gasteiger partial charge < -0.3 is 14.6 Å². The number of aryl methyl sites for hydroxylation is 1. The summed E-state index contributed by atoms with van der Waals surface area (Å²) in [5, 5.41) is 10.2. The van der Waals surface area contributed by atoms with Crippen molar-refractivity contribution in [2.45, 2.75) is 32.5 Å². The summed E-state index contributed by atoms with van der Waals surface area (Å²) in [7, 11) is 3.23. The lowest BCUT2D eigenvalue weighted by Crippen LogP contribution is -2.31. The van der Waals surface area contributed by atoms with E-state index in [1.165, 1.54) is 0 Å². The summed E-state index contributed by atoms with van der Waals surface area (Å²) in [6, 6.07) is 5.63. The SMILES string of the molecule is COc1ccc(C(O)C(C)(C)OC)c(C)c1. The fraction of sp³-hybridized carbons (Fsp3) is 0.538. The minimum absolute atomic E-state index is 0.598. The standard InChI is InChI=1S/C13H20O3/c1-9-8-10(15-4)6-7-11(9)12(14)13(2,3)16-5/h6-8,12,14H,1-5H3. The average Bonchev–Trinajstić information content (AvgIpc) is 2.28. The molecule has 3 nitrogen and oxygen atoms in total. The highest BCUT2D eigenvalue weighted by Gasteiger charge is 2.29. The fourth-order valence-electron chi connectivity index (χ4n) is 1.57. The van der Waals surface area contributed by atoms with Crippen LogP contribution in [0.25, 0.3) is 0 Å². The molecule has 0 saturated carbocycles. The molecule has 0 aromatic heterocycles. The Morgan fingerprint density at radius 3 is 2.31 bits per heavy atom. The van der Waals surface area contributed by atoms with Crippen molar-refractivity contribution in [3.63, 3.8) is 0 Å². The van der Waals surface area contributed by atoms with E-state index < -0.39 is 11.7 Å². The van der Waals surface area contributed by atoms with Crippen molar-refractivity contribution in [1.82, 2.24) is 0 Å². The number of hydrogen-bond acceptors (Lipinski definition) is 3. The first kappa shape index (κ1) is 13.0. The number of methoxy groups -OCH3 is 2. The maximum absolute atomic E-state index is 10.2. The van der Waals surface area contributed by atoms with Gasteiger partial charge in [-0.05, 0) is 44.0 Å². The van der Waals surface area contributed by atoms with Crippen molar-refractivity contribution in [1.29, 1.82) is 0 Å². The summed E-state index contributed by atoms with van der Waals surface area (Å²) in [6.07, 6.45) is -0.650. The summed E-state index contributed by atoms with van der Waals surface area (Å²) < 4.78 is 10.4. The topological polar surface area (TPSA) is 38.7 Å². The highest BCUT2D eigenvalue weighted by atomic mass is 16.5. The van der Waals surface area contributed by atoms with Gasteiger partial charge in [-0.3, -0.25) is 0 Å². The summed E-state index contributed by atoms with van der Waals surface area (Å²) >= 11 is 0. The average molecular weight is 224 g/mol. The normalized spacial score (nSPS) is 13.6. The zero-order chi connectivity index (χ0) is 12.3. The van der Waals surface area contributed by atoms with Gasteiger partial charge in [0.15, 0.2) is 0 Å². The van der Waals surface area contributed by atoms with Crippen LogP contribution in [0.15, 0.2) is 18.2 Å². The van der Waals surface area contributed by atoms with Crippen LogP contribution in [0.3, 0.4) is 0 Å². The van der Waals surface area contributed by atoms with Crippen molar-refractivity contribution in [2.24, 2.45) is 0 Å². The second-order valence-corrected chi connectivity index (χ2v) is 4.43. The number of aliphatic hydroxyl groups excluding tert-OH is 1. The molecule has 1 atom stereocenters. The molecule has 1 N–H and O–H groups in total. The first-order valence-corrected chi connectivity index (χ1v) is 5.30. The van der Waals surface area contributed by atoms with Crippen LogP contribution in [0.2, 0.25) is 0 Å². The molecule has 0 aliphatic rings. The number of ether oxygens (including phenoxy) is 2. The molecule has 3 heteroatoms. The number of aliphatic hydroxyl groups is 1. The van der Waals surface area contributed by atoms with Gasteiger partial charge in [-0.1, -0.05) is 6.07 Å². The van der Waals surface area contributed by atoms with Crippen LogP contribution in [-0.4, -0.2) is 24.9 Å². The Hall–Kier alpha value is -1.06. The van der Waals surface area contributed by atoms with E-state index in [1.54, 1.807) is 14.2 Å². The summed E-state index contributed by atoms with van der Waals surface area (Å²) in [5.41, 5.74) is 1.27. The van der Waals surface area contributed by atoms with E-state index in [0.717, 1.165) is 16.9 Å². The third kappa shape index (κ3) is 2.54. The highest BCUT2D eigenvalue weighted by molar-refractivity contribution is 5.36. The lowest BCUT2D eigenvalue weighted by atomic mass is 9.91. The summed E-state index contributed by atoms with van der Waals surface area (Å²) in [5.74, 6) is 0.795. The minimum Gasteiger partial charge on any atom is -0.497 e. The molecule has 0 heterocycles. The Labute approximate surface area is 97.0 Å². The van der Waals surface area contributed by atoms with E-state index in [2.05, 4.69) is 0 Å². The summed E-state index contributed by atoms with van der Waals surface area (Å²) in [6.45, 7) is 5.68. The van der Waals surface area contributed by atoms with Crippen LogP contribution in [0.4, 0.5) is 0 Å². The van der Waals surface area contributed by atoms with Crippen molar-refractivity contribution >= 4 is 0 Å². The van der Waals surface area contributed by atoms with Crippen LogP contribution < -0.4 is 4.74 Å². The quantitative estimate of drug-likeness (QED) is 0.853. The molecule has 16 heavy (non-hydrogen) atoms. The van der Waals surface area contributed by atoms with Gasteiger partial charge >= 0.3 is 0 Å². The maximum atomic E-state index is 10.2. The van der Waals surface area contributed by atoms with Crippen LogP contribution in [0.1, 0.15) is 31.1 Å². The molecule has 1 aromatic carbocycles. The van der Waals surface area contributed by atoms with Crippen molar-refractivity contribution in [3.8, 4) is 5.75 Å². The van der Waals surface area contributed by atoms with Gasteiger partial charge in [-0.15, -0.1) is 0 Å². The van der Waals surface area contributed by atoms with Gasteiger partial charge in [0.05, 0.1) is 12.7 Å². The first-order valence-electron chi connectivity index (χ1n) is 5.30. The lowest BCUT2D eigenvalue weighted by molar-refractivity contribution is -0.0795. The van der Waals surface area contributed by atoms with Crippen molar-refractivity contribution in [3.05, 3.63) is 29.3 Å². The van der Waals surface area contributed by atoms with Gasteiger partial charge in [-0.2, -0.15) is 0 Å². The molecule has 0 radical (unpaired) electrons. The number of benzene rings is 1. The molecule has 0 aliphatic heterocycles. The molecule has 90 valence electrons. The third-order valence-corrected chi connectivity index (χ3v) is 2.96. The molecule has 1 unspecified atom stereocenters. The highest BCUT2D eigenvalue weighted by Crippen LogP contribution is 2.31. The molecule has 0 fully saturated rings. The van der Waals surface area contributed by atoms with E-state index in [-0.39, 0.29) is 0 Å². The van der Waals surface area contributed by atoms with Crippen molar-refractivity contribution < 1.29 is 14.6 Å². The van der Waals surface area contributed by atoms with Gasteiger partial charge in [0.2, 0.25) is 0 Å². The molecular weight excluding hydrogens is 204 g/mol. The predicted octanol–water partition coefficient (Wildman–Crippen LogP) is 2.46. The van der Waals surface area contributed by atoms with Crippen LogP contribution >= 0.6 is 0 Å². The predicted molar refractivity (Wildman–Crippen MR) is 63.8 cm³/mol. The van der Waals surface area contributed by atoms with E-state index in [9.17, 15) is 5.11 Å². The van der Waals surface area contributed by atoms with Gasteiger partial charge in [0, 0.05) is 7.11 Å². The van der Waals surface area contributed by atoms with E-state index in [0.29, 0.717) is 0 Å². The second kappa shape index (κ2) is 4.85. The minimum atomic E-state index is -0.650. The van der Waals surface area contributed by atoms with Gasteiger partial charge in [0.25, 0.3) is 0 Å². The molecular formula is C13H20O3. The molecule has 1 rings (SSSR count). The van der Waals surface area contributed by atoms with Crippen LogP contribution in [-0.2, 0) is 4.74 Å². The van der Waals surface area contributed by atoms with Crippen molar-refractivity contribution in [2.75, 3.05) is 14.2 Å². The van der Waals surface area contributed by atoms with E-state index in [1.807, 2.05) is 39.0 Å². The lowest BCUT2D eigenvalue weighted by Gasteiger charge is -2.30. The Balaban J connectivity index is 3.05. The molecule has 0 spiro atoms. The summed E-state index contributed by atoms with van der Waals surface area (Å²) in [4.78, 5) is 0. The third-order valence-electron chi connectivity index (χ3n) is 2.96. The Morgan fingerprint density at radius 1 is 1.25 bits per heavy atom. The monoisotopic (exact) mass is 224 g/mol. The smallest absolute Gasteiger partial charge is 0.119 e. The Bertz CT molecular complexity index is 358. The molecule has 0 bridgehead atoms. The number of rotatable bonds is 4. The van der Waals surface area contributed by atoms with Gasteiger partial charge in [-0.25, -0.2) is 0 Å². The van der Waals surface area contributed by atoms with E-state index >= 15 is 0 Å². The molecule has 0 amide bonds. The van der Waals surface area contributed by atoms with Crippen LogP contribution in [0.5, 0.6) is 5.75 Å². The second-order valence-electron chi connectivity index (χ2n) is 4.43. The zero-order valence-electron chi connectivity index (χ0n) is 10.6. The van der Waals surface area contributed by atoms with Crippen LogP contribution in [0, 0.1) is 6.92 Å². The maximum Gasteiger partial charge on any atom is 0.119 e. The Morgan fingerprint density at radius 2 is 1.88 bits per heavy atom. The van der Waals surface area contributed by atoms with Gasteiger partial charge in [0.1, 0.15) is 11.9 Å². The molecule has 1 aromatic rings. The zero-order valence-corrected chi connectivity index (χ0v) is 10.6. The largest absolute Gasteiger partial charge is 0.497 e. The van der Waals surface area contributed by atoms with E-state index in [4.69, 9.17) is 9.47 Å².